The summed E-state index contributed by atoms with van der Waals surface area (Å²) in [5, 5.41) is 0. The van der Waals surface area contributed by atoms with Gasteiger partial charge < -0.3 is 0 Å². The number of rotatable bonds is 4. The highest BCUT2D eigenvalue weighted by Crippen LogP contribution is 2.26. The van der Waals surface area contributed by atoms with Gasteiger partial charge in [-0.2, -0.15) is 0 Å². The second-order valence-electron chi connectivity index (χ2n) is 4.23. The molecule has 0 aromatic carbocycles. The van der Waals surface area contributed by atoms with Crippen molar-refractivity contribution in [1.29, 1.82) is 0 Å². The van der Waals surface area contributed by atoms with Gasteiger partial charge in [0.2, 0.25) is 0 Å². The summed E-state index contributed by atoms with van der Waals surface area (Å²) in [7, 11) is 0. The van der Waals surface area contributed by atoms with E-state index in [2.05, 4.69) is 50.3 Å². The van der Waals surface area contributed by atoms with Crippen LogP contribution in [0.2, 0.25) is 0 Å². The molecule has 0 atom stereocenters. The van der Waals surface area contributed by atoms with Crippen LogP contribution in [0, 0.1) is 11.3 Å². The second-order valence-corrected chi connectivity index (χ2v) is 4.99. The predicted octanol–water partition coefficient (Wildman–Crippen LogP) is 3.88. The standard InChI is InChI=1S/C9H19I/c1-8(2)5-6-9(3,4)7-10/h8H,5-7H2,1-4H3. The Kier molecular flexibility index (Phi) is 4.91. The van der Waals surface area contributed by atoms with Crippen molar-refractivity contribution in [2.24, 2.45) is 11.3 Å². The molecule has 0 bridgehead atoms. The van der Waals surface area contributed by atoms with E-state index in [1.807, 2.05) is 0 Å². The molecule has 0 aliphatic rings. The predicted molar refractivity (Wildman–Crippen MR) is 56.7 cm³/mol. The lowest BCUT2D eigenvalue weighted by molar-refractivity contribution is 0.351. The van der Waals surface area contributed by atoms with Crippen LogP contribution in [-0.4, -0.2) is 4.43 Å². The summed E-state index contributed by atoms with van der Waals surface area (Å²) >= 11 is 2.48. The van der Waals surface area contributed by atoms with Crippen LogP contribution >= 0.6 is 22.6 Å². The van der Waals surface area contributed by atoms with Crippen LogP contribution in [0.25, 0.3) is 0 Å². The Hall–Kier alpha value is 0.730. The molecule has 0 N–H and O–H groups in total. The zero-order valence-electron chi connectivity index (χ0n) is 7.58. The van der Waals surface area contributed by atoms with Crippen LogP contribution in [0.1, 0.15) is 40.5 Å². The van der Waals surface area contributed by atoms with Gasteiger partial charge in [-0.15, -0.1) is 0 Å². The Morgan fingerprint density at radius 1 is 1.30 bits per heavy atom. The third kappa shape index (κ3) is 5.51. The molecular weight excluding hydrogens is 235 g/mol. The molecule has 0 rings (SSSR count). The molecule has 0 spiro atoms. The monoisotopic (exact) mass is 254 g/mol. The molecule has 0 aromatic rings. The summed E-state index contributed by atoms with van der Waals surface area (Å²) in [4.78, 5) is 0. The molecular formula is C9H19I. The van der Waals surface area contributed by atoms with Crippen LogP contribution in [-0.2, 0) is 0 Å². The van der Waals surface area contributed by atoms with Gasteiger partial charge in [-0.25, -0.2) is 0 Å². The summed E-state index contributed by atoms with van der Waals surface area (Å²) in [6.07, 6.45) is 2.74. The van der Waals surface area contributed by atoms with Crippen LogP contribution in [0.3, 0.4) is 0 Å². The van der Waals surface area contributed by atoms with Gasteiger partial charge in [0.25, 0.3) is 0 Å². The van der Waals surface area contributed by atoms with E-state index in [0.29, 0.717) is 5.41 Å². The van der Waals surface area contributed by atoms with Gasteiger partial charge in [-0.1, -0.05) is 56.7 Å². The number of halogens is 1. The Balaban J connectivity index is 3.46. The third-order valence-corrected chi connectivity index (χ3v) is 3.83. The van der Waals surface area contributed by atoms with Crippen LogP contribution in [0.5, 0.6) is 0 Å². The zero-order valence-corrected chi connectivity index (χ0v) is 9.73. The molecule has 0 nitrogen and oxygen atoms in total. The molecule has 0 amide bonds. The molecule has 10 heavy (non-hydrogen) atoms. The maximum atomic E-state index is 2.48. The lowest BCUT2D eigenvalue weighted by atomic mass is 9.88. The Morgan fingerprint density at radius 3 is 2.10 bits per heavy atom. The van der Waals surface area contributed by atoms with Crippen molar-refractivity contribution in [3.8, 4) is 0 Å². The van der Waals surface area contributed by atoms with Gasteiger partial charge in [0.1, 0.15) is 0 Å². The number of hydrogen-bond donors (Lipinski definition) is 0. The summed E-state index contributed by atoms with van der Waals surface area (Å²) in [6, 6.07) is 0. The van der Waals surface area contributed by atoms with Crippen molar-refractivity contribution in [3.05, 3.63) is 0 Å². The van der Waals surface area contributed by atoms with Crippen LogP contribution < -0.4 is 0 Å². The number of alkyl halides is 1. The first-order chi connectivity index (χ1) is 4.48. The SMILES string of the molecule is CC(C)CCC(C)(C)CI. The quantitative estimate of drug-likeness (QED) is 0.527. The van der Waals surface area contributed by atoms with Crippen LogP contribution in [0.4, 0.5) is 0 Å². The maximum Gasteiger partial charge on any atom is 0.00467 e. The van der Waals surface area contributed by atoms with E-state index >= 15 is 0 Å². The van der Waals surface area contributed by atoms with Gasteiger partial charge in [0.15, 0.2) is 0 Å². The molecule has 0 aromatic heterocycles. The van der Waals surface area contributed by atoms with E-state index in [0.717, 1.165) is 5.92 Å². The Bertz CT molecular complexity index is 84.7. The molecule has 0 fully saturated rings. The van der Waals surface area contributed by atoms with Gasteiger partial charge >= 0.3 is 0 Å². The van der Waals surface area contributed by atoms with Crippen molar-refractivity contribution in [2.75, 3.05) is 4.43 Å². The largest absolute Gasteiger partial charge is 0.0858 e. The van der Waals surface area contributed by atoms with E-state index in [4.69, 9.17) is 0 Å². The highest BCUT2D eigenvalue weighted by Gasteiger charge is 2.15. The minimum Gasteiger partial charge on any atom is -0.0858 e. The van der Waals surface area contributed by atoms with Gasteiger partial charge in [0.05, 0.1) is 0 Å². The lowest BCUT2D eigenvalue weighted by Gasteiger charge is -2.22. The smallest absolute Gasteiger partial charge is 0.00467 e. The van der Waals surface area contributed by atoms with Crippen LogP contribution in [0.15, 0.2) is 0 Å². The highest BCUT2D eigenvalue weighted by molar-refractivity contribution is 14.1. The van der Waals surface area contributed by atoms with Gasteiger partial charge in [-0.05, 0) is 17.8 Å². The fourth-order valence-electron chi connectivity index (χ4n) is 0.746. The fraction of sp³-hybridized carbons (Fsp3) is 1.00. The lowest BCUT2D eigenvalue weighted by Crippen LogP contribution is -2.13. The number of hydrogen-bond acceptors (Lipinski definition) is 0. The summed E-state index contributed by atoms with van der Waals surface area (Å²) in [5.41, 5.74) is 0.560. The molecule has 1 heteroatoms. The summed E-state index contributed by atoms with van der Waals surface area (Å²) in [5.74, 6) is 0.863. The fourth-order valence-corrected chi connectivity index (χ4v) is 1.13. The zero-order chi connectivity index (χ0) is 8.20. The van der Waals surface area contributed by atoms with Gasteiger partial charge in [0, 0.05) is 4.43 Å². The normalized spacial score (nSPS) is 12.6. The molecule has 62 valence electrons. The topological polar surface area (TPSA) is 0 Å². The molecule has 0 aliphatic heterocycles. The van der Waals surface area contributed by atoms with E-state index in [1.165, 1.54) is 17.3 Å². The van der Waals surface area contributed by atoms with E-state index in [9.17, 15) is 0 Å². The molecule has 0 saturated carbocycles. The Morgan fingerprint density at radius 2 is 1.80 bits per heavy atom. The van der Waals surface area contributed by atoms with E-state index in [-0.39, 0.29) is 0 Å². The average Bonchev–Trinajstić information content (AvgIpc) is 1.85. The van der Waals surface area contributed by atoms with Gasteiger partial charge in [-0.3, -0.25) is 0 Å². The first-order valence-corrected chi connectivity index (χ1v) is 5.56. The first-order valence-electron chi connectivity index (χ1n) is 4.04. The summed E-state index contributed by atoms with van der Waals surface area (Å²) in [6.45, 7) is 9.29. The molecule has 0 heterocycles. The van der Waals surface area contributed by atoms with Crippen molar-refractivity contribution < 1.29 is 0 Å². The third-order valence-electron chi connectivity index (χ3n) is 1.76. The molecule has 0 aliphatic carbocycles. The second kappa shape index (κ2) is 4.58. The van der Waals surface area contributed by atoms with Crippen molar-refractivity contribution in [3.63, 3.8) is 0 Å². The molecule has 0 saturated heterocycles. The minimum absolute atomic E-state index is 0.560. The molecule has 0 unspecified atom stereocenters. The van der Waals surface area contributed by atoms with Crippen molar-refractivity contribution >= 4 is 22.6 Å². The van der Waals surface area contributed by atoms with E-state index in [1.54, 1.807) is 0 Å². The summed E-state index contributed by atoms with van der Waals surface area (Å²) < 4.78 is 1.28. The van der Waals surface area contributed by atoms with E-state index < -0.39 is 0 Å². The minimum atomic E-state index is 0.560. The van der Waals surface area contributed by atoms with Crippen molar-refractivity contribution in [2.45, 2.75) is 40.5 Å². The molecule has 0 radical (unpaired) electrons. The Labute approximate surface area is 78.9 Å². The average molecular weight is 254 g/mol. The van der Waals surface area contributed by atoms with Crippen molar-refractivity contribution in [1.82, 2.24) is 0 Å². The highest BCUT2D eigenvalue weighted by atomic mass is 127. The first kappa shape index (κ1) is 10.7. The maximum absolute atomic E-state index is 2.48.